The highest BCUT2D eigenvalue weighted by Crippen LogP contribution is 2.06. The molecule has 0 amide bonds. The third-order valence-electron chi connectivity index (χ3n) is 2.21. The van der Waals surface area contributed by atoms with Crippen LogP contribution in [0.1, 0.15) is 11.3 Å². The number of rotatable bonds is 5. The Bertz CT molecular complexity index is 410. The molecule has 0 bridgehead atoms. The lowest BCUT2D eigenvalue weighted by Crippen LogP contribution is -2.13. The number of aromatic nitrogens is 3. The van der Waals surface area contributed by atoms with E-state index in [1.807, 2.05) is 12.1 Å². The number of nitrogens with one attached hydrogen (secondary N) is 2. The molecule has 0 radical (unpaired) electrons. The Kier molecular flexibility index (Phi) is 3.50. The van der Waals surface area contributed by atoms with Gasteiger partial charge in [0.2, 0.25) is 5.88 Å². The fourth-order valence-corrected chi connectivity index (χ4v) is 1.36. The van der Waals surface area contributed by atoms with Gasteiger partial charge in [0, 0.05) is 37.2 Å². The summed E-state index contributed by atoms with van der Waals surface area (Å²) in [4.78, 5) is 11.1. The van der Waals surface area contributed by atoms with E-state index in [1.165, 1.54) is 0 Å². The molecule has 0 aliphatic heterocycles. The van der Waals surface area contributed by atoms with Crippen molar-refractivity contribution in [3.05, 3.63) is 42.1 Å². The zero-order chi connectivity index (χ0) is 11.2. The third-order valence-corrected chi connectivity index (χ3v) is 2.21. The Morgan fingerprint density at radius 1 is 1.31 bits per heavy atom. The SMILES string of the molecule is COc1ccc(CNCc2cnc[nH]2)cn1. The first kappa shape index (κ1) is 10.6. The van der Waals surface area contributed by atoms with Crippen molar-refractivity contribution in [1.29, 1.82) is 0 Å². The Balaban J connectivity index is 1.81. The predicted molar refractivity (Wildman–Crippen MR) is 59.9 cm³/mol. The van der Waals surface area contributed by atoms with Gasteiger partial charge in [-0.3, -0.25) is 0 Å². The first-order chi connectivity index (χ1) is 7.88. The van der Waals surface area contributed by atoms with Crippen molar-refractivity contribution < 1.29 is 4.74 Å². The molecule has 2 rings (SSSR count). The minimum absolute atomic E-state index is 0.636. The zero-order valence-electron chi connectivity index (χ0n) is 9.10. The molecule has 0 fully saturated rings. The van der Waals surface area contributed by atoms with Crippen molar-refractivity contribution in [3.63, 3.8) is 0 Å². The number of hydrogen-bond acceptors (Lipinski definition) is 4. The number of methoxy groups -OCH3 is 1. The van der Waals surface area contributed by atoms with Crippen LogP contribution in [0.3, 0.4) is 0 Å². The van der Waals surface area contributed by atoms with Crippen LogP contribution < -0.4 is 10.1 Å². The summed E-state index contributed by atoms with van der Waals surface area (Å²) in [6.45, 7) is 1.54. The van der Waals surface area contributed by atoms with Crippen molar-refractivity contribution in [2.45, 2.75) is 13.1 Å². The molecule has 0 spiro atoms. The van der Waals surface area contributed by atoms with Gasteiger partial charge in [0.25, 0.3) is 0 Å². The molecule has 2 N–H and O–H groups in total. The van der Waals surface area contributed by atoms with Gasteiger partial charge in [0.15, 0.2) is 0 Å². The van der Waals surface area contributed by atoms with Gasteiger partial charge < -0.3 is 15.0 Å². The summed E-state index contributed by atoms with van der Waals surface area (Å²) in [6, 6.07) is 3.85. The minimum Gasteiger partial charge on any atom is -0.481 e. The van der Waals surface area contributed by atoms with Crippen molar-refractivity contribution in [3.8, 4) is 5.88 Å². The Morgan fingerprint density at radius 3 is 2.88 bits per heavy atom. The first-order valence-corrected chi connectivity index (χ1v) is 5.05. The monoisotopic (exact) mass is 218 g/mol. The van der Waals surface area contributed by atoms with E-state index in [-0.39, 0.29) is 0 Å². The minimum atomic E-state index is 0.636. The molecule has 0 aromatic carbocycles. The smallest absolute Gasteiger partial charge is 0.212 e. The summed E-state index contributed by atoms with van der Waals surface area (Å²) in [5, 5.41) is 3.29. The molecule has 2 aromatic rings. The van der Waals surface area contributed by atoms with Crippen LogP contribution in [0.15, 0.2) is 30.9 Å². The van der Waals surface area contributed by atoms with Gasteiger partial charge >= 0.3 is 0 Å². The number of nitrogens with zero attached hydrogens (tertiary/aromatic N) is 2. The van der Waals surface area contributed by atoms with Crippen LogP contribution in [0.5, 0.6) is 5.88 Å². The fraction of sp³-hybridized carbons (Fsp3) is 0.273. The highest BCUT2D eigenvalue weighted by atomic mass is 16.5. The van der Waals surface area contributed by atoms with E-state index >= 15 is 0 Å². The second-order valence-electron chi connectivity index (χ2n) is 3.39. The van der Waals surface area contributed by atoms with Gasteiger partial charge in [0.1, 0.15) is 0 Å². The largest absolute Gasteiger partial charge is 0.481 e. The number of H-pyrrole nitrogens is 1. The van der Waals surface area contributed by atoms with Crippen LogP contribution in [0, 0.1) is 0 Å². The van der Waals surface area contributed by atoms with Crippen molar-refractivity contribution >= 4 is 0 Å². The van der Waals surface area contributed by atoms with Gasteiger partial charge in [-0.25, -0.2) is 9.97 Å². The molecular weight excluding hydrogens is 204 g/mol. The molecule has 0 unspecified atom stereocenters. The maximum Gasteiger partial charge on any atom is 0.212 e. The molecule has 2 heterocycles. The molecule has 16 heavy (non-hydrogen) atoms. The highest BCUT2D eigenvalue weighted by Gasteiger charge is 1.96. The van der Waals surface area contributed by atoms with Gasteiger partial charge in [-0.15, -0.1) is 0 Å². The lowest BCUT2D eigenvalue weighted by molar-refractivity contribution is 0.397. The molecule has 0 atom stereocenters. The number of hydrogen-bond donors (Lipinski definition) is 2. The summed E-state index contributed by atoms with van der Waals surface area (Å²) < 4.78 is 4.99. The topological polar surface area (TPSA) is 62.8 Å². The van der Waals surface area contributed by atoms with E-state index in [0.29, 0.717) is 5.88 Å². The Labute approximate surface area is 93.9 Å². The van der Waals surface area contributed by atoms with E-state index < -0.39 is 0 Å². The van der Waals surface area contributed by atoms with Crippen LogP contribution in [-0.2, 0) is 13.1 Å². The van der Waals surface area contributed by atoms with Crippen LogP contribution in [0.25, 0.3) is 0 Å². The van der Waals surface area contributed by atoms with Crippen LogP contribution in [-0.4, -0.2) is 22.1 Å². The van der Waals surface area contributed by atoms with Crippen molar-refractivity contribution in [2.75, 3.05) is 7.11 Å². The van der Waals surface area contributed by atoms with Gasteiger partial charge in [-0.05, 0) is 5.56 Å². The maximum absolute atomic E-state index is 4.99. The van der Waals surface area contributed by atoms with Gasteiger partial charge in [-0.1, -0.05) is 6.07 Å². The standard InChI is InChI=1S/C11H14N4O/c1-16-11-3-2-9(5-14-11)4-12-6-10-7-13-8-15-10/h2-3,5,7-8,12H,4,6H2,1H3,(H,13,15). The molecule has 5 nitrogen and oxygen atoms in total. The number of pyridine rings is 1. The van der Waals surface area contributed by atoms with Crippen LogP contribution >= 0.6 is 0 Å². The van der Waals surface area contributed by atoms with Gasteiger partial charge in [-0.2, -0.15) is 0 Å². The Morgan fingerprint density at radius 2 is 2.25 bits per heavy atom. The quantitative estimate of drug-likeness (QED) is 0.789. The molecule has 0 saturated heterocycles. The average Bonchev–Trinajstić information content (AvgIpc) is 2.83. The molecule has 0 aliphatic rings. The Hall–Kier alpha value is -1.88. The van der Waals surface area contributed by atoms with E-state index in [4.69, 9.17) is 4.74 Å². The van der Waals surface area contributed by atoms with E-state index in [2.05, 4.69) is 20.3 Å². The molecule has 2 aromatic heterocycles. The molecule has 84 valence electrons. The molecule has 5 heteroatoms. The summed E-state index contributed by atoms with van der Waals surface area (Å²) in [7, 11) is 1.61. The lowest BCUT2D eigenvalue weighted by Gasteiger charge is -2.04. The summed E-state index contributed by atoms with van der Waals surface area (Å²) >= 11 is 0. The highest BCUT2D eigenvalue weighted by molar-refractivity contribution is 5.17. The van der Waals surface area contributed by atoms with E-state index in [9.17, 15) is 0 Å². The summed E-state index contributed by atoms with van der Waals surface area (Å²) in [5.41, 5.74) is 2.20. The van der Waals surface area contributed by atoms with Crippen molar-refractivity contribution in [1.82, 2.24) is 20.3 Å². The lowest BCUT2D eigenvalue weighted by atomic mass is 10.3. The number of ether oxygens (including phenoxy) is 1. The molecule has 0 aliphatic carbocycles. The zero-order valence-corrected chi connectivity index (χ0v) is 9.10. The van der Waals surface area contributed by atoms with E-state index in [1.54, 1.807) is 25.8 Å². The summed E-state index contributed by atoms with van der Waals surface area (Å²) in [5.74, 6) is 0.636. The van der Waals surface area contributed by atoms with Crippen LogP contribution in [0.2, 0.25) is 0 Å². The molecule has 0 saturated carbocycles. The van der Waals surface area contributed by atoms with Crippen LogP contribution in [0.4, 0.5) is 0 Å². The predicted octanol–water partition coefficient (Wildman–Crippen LogP) is 1.10. The number of imidazole rings is 1. The first-order valence-electron chi connectivity index (χ1n) is 5.05. The van der Waals surface area contributed by atoms with Crippen molar-refractivity contribution in [2.24, 2.45) is 0 Å². The van der Waals surface area contributed by atoms with E-state index in [0.717, 1.165) is 24.3 Å². The second kappa shape index (κ2) is 5.27. The average molecular weight is 218 g/mol. The second-order valence-corrected chi connectivity index (χ2v) is 3.39. The van der Waals surface area contributed by atoms with Gasteiger partial charge in [0.05, 0.1) is 13.4 Å². The normalized spacial score (nSPS) is 10.3. The number of aromatic amines is 1. The fourth-order valence-electron chi connectivity index (χ4n) is 1.36. The maximum atomic E-state index is 4.99. The summed E-state index contributed by atoms with van der Waals surface area (Å²) in [6.07, 6.45) is 5.28. The molecular formula is C11H14N4O. The third kappa shape index (κ3) is 2.80.